The molecule has 0 unspecified atom stereocenters. The zero-order chi connectivity index (χ0) is 15.2. The van der Waals surface area contributed by atoms with E-state index in [1.807, 2.05) is 0 Å². The molecule has 1 saturated carbocycles. The van der Waals surface area contributed by atoms with E-state index in [2.05, 4.69) is 31.0 Å². The smallest absolute Gasteiger partial charge is 0.00967 e. The van der Waals surface area contributed by atoms with Crippen molar-refractivity contribution in [3.63, 3.8) is 0 Å². The first kappa shape index (κ1) is 17.3. The summed E-state index contributed by atoms with van der Waals surface area (Å²) < 4.78 is 0. The van der Waals surface area contributed by atoms with Gasteiger partial charge in [-0.15, -0.1) is 0 Å². The van der Waals surface area contributed by atoms with Crippen molar-refractivity contribution in [1.82, 2.24) is 10.2 Å². The second-order valence-electron chi connectivity index (χ2n) is 8.71. The molecule has 21 heavy (non-hydrogen) atoms. The van der Waals surface area contributed by atoms with Crippen molar-refractivity contribution in [2.75, 3.05) is 26.2 Å². The first-order chi connectivity index (χ1) is 9.99. The summed E-state index contributed by atoms with van der Waals surface area (Å²) in [5.41, 5.74) is 0.784. The van der Waals surface area contributed by atoms with Crippen molar-refractivity contribution >= 4 is 0 Å². The summed E-state index contributed by atoms with van der Waals surface area (Å²) in [4.78, 5) is 2.79. The minimum absolute atomic E-state index is 0.248. The average molecular weight is 295 g/mol. The van der Waals surface area contributed by atoms with Crippen LogP contribution in [0.25, 0.3) is 0 Å². The van der Waals surface area contributed by atoms with Crippen molar-refractivity contribution < 1.29 is 0 Å². The number of hydrogen-bond acceptors (Lipinski definition) is 2. The minimum Gasteiger partial charge on any atom is -0.311 e. The molecule has 0 aromatic carbocycles. The molecule has 0 spiro atoms. The number of hydrogen-bond donors (Lipinski definition) is 1. The van der Waals surface area contributed by atoms with Crippen LogP contribution >= 0.6 is 0 Å². The van der Waals surface area contributed by atoms with Crippen molar-refractivity contribution in [3.8, 4) is 0 Å². The molecule has 0 radical (unpaired) electrons. The Morgan fingerprint density at radius 3 is 1.86 bits per heavy atom. The lowest BCUT2D eigenvalue weighted by atomic mass is 9.79. The standard InChI is InChI=1S/C19H38N2/c1-18(2,3)20-16-19(12-8-4-5-9-13-19)17-21-14-10-6-7-11-15-21/h20H,4-17H2,1-3H3. The SMILES string of the molecule is CC(C)(C)NCC1(CN2CCCCCC2)CCCCCC1. The van der Waals surface area contributed by atoms with Crippen LogP contribution in [0.3, 0.4) is 0 Å². The molecule has 2 aliphatic rings. The van der Waals surface area contributed by atoms with E-state index in [1.54, 1.807) is 0 Å². The second kappa shape index (κ2) is 7.97. The maximum atomic E-state index is 3.84. The molecule has 2 heteroatoms. The molecule has 124 valence electrons. The maximum Gasteiger partial charge on any atom is 0.00967 e. The number of likely N-dealkylation sites (tertiary alicyclic amines) is 1. The Kier molecular flexibility index (Phi) is 6.55. The summed E-state index contributed by atoms with van der Waals surface area (Å²) in [6, 6.07) is 0. The second-order valence-corrected chi connectivity index (χ2v) is 8.71. The Bertz CT molecular complexity index is 276. The largest absolute Gasteiger partial charge is 0.311 e. The molecule has 1 N–H and O–H groups in total. The van der Waals surface area contributed by atoms with E-state index in [1.165, 1.54) is 90.4 Å². The number of nitrogens with one attached hydrogen (secondary N) is 1. The van der Waals surface area contributed by atoms with Gasteiger partial charge in [0, 0.05) is 18.6 Å². The predicted octanol–water partition coefficient (Wildman–Crippen LogP) is 4.59. The molecule has 0 atom stereocenters. The summed E-state index contributed by atoms with van der Waals surface area (Å²) >= 11 is 0. The third-order valence-corrected chi connectivity index (χ3v) is 5.42. The highest BCUT2D eigenvalue weighted by atomic mass is 15.1. The molecule has 0 bridgehead atoms. The van der Waals surface area contributed by atoms with E-state index in [0.29, 0.717) is 5.41 Å². The molecule has 1 aliphatic carbocycles. The van der Waals surface area contributed by atoms with E-state index in [-0.39, 0.29) is 5.54 Å². The molecule has 1 heterocycles. The van der Waals surface area contributed by atoms with Crippen LogP contribution in [0.4, 0.5) is 0 Å². The lowest BCUT2D eigenvalue weighted by molar-refractivity contribution is 0.121. The summed E-state index contributed by atoms with van der Waals surface area (Å²) in [7, 11) is 0. The summed E-state index contributed by atoms with van der Waals surface area (Å²) in [5.74, 6) is 0. The van der Waals surface area contributed by atoms with Gasteiger partial charge in [-0.2, -0.15) is 0 Å². The fourth-order valence-electron chi connectivity index (χ4n) is 4.09. The maximum absolute atomic E-state index is 3.84. The van der Waals surface area contributed by atoms with Gasteiger partial charge in [-0.05, 0) is 65.0 Å². The Hall–Kier alpha value is -0.0800. The lowest BCUT2D eigenvalue weighted by Crippen LogP contribution is -2.49. The lowest BCUT2D eigenvalue weighted by Gasteiger charge is -2.40. The van der Waals surface area contributed by atoms with Crippen molar-refractivity contribution in [2.45, 2.75) is 90.5 Å². The minimum atomic E-state index is 0.248. The van der Waals surface area contributed by atoms with E-state index < -0.39 is 0 Å². The van der Waals surface area contributed by atoms with Crippen LogP contribution < -0.4 is 5.32 Å². The van der Waals surface area contributed by atoms with Crippen molar-refractivity contribution in [3.05, 3.63) is 0 Å². The zero-order valence-electron chi connectivity index (χ0n) is 14.8. The number of rotatable bonds is 4. The molecule has 2 nitrogen and oxygen atoms in total. The average Bonchev–Trinajstić information content (AvgIpc) is 2.80. The van der Waals surface area contributed by atoms with Crippen molar-refractivity contribution in [1.29, 1.82) is 0 Å². The van der Waals surface area contributed by atoms with Gasteiger partial charge in [0.15, 0.2) is 0 Å². The van der Waals surface area contributed by atoms with E-state index in [0.717, 1.165) is 0 Å². The van der Waals surface area contributed by atoms with Crippen LogP contribution in [0.1, 0.15) is 85.0 Å². The van der Waals surface area contributed by atoms with Gasteiger partial charge in [-0.3, -0.25) is 0 Å². The van der Waals surface area contributed by atoms with Gasteiger partial charge in [0.05, 0.1) is 0 Å². The molecule has 0 amide bonds. The molecule has 2 fully saturated rings. The molecule has 2 rings (SSSR count). The monoisotopic (exact) mass is 294 g/mol. The van der Waals surface area contributed by atoms with Gasteiger partial charge in [0.1, 0.15) is 0 Å². The third kappa shape index (κ3) is 6.28. The molecule has 1 aliphatic heterocycles. The van der Waals surface area contributed by atoms with Gasteiger partial charge in [-0.25, -0.2) is 0 Å². The summed E-state index contributed by atoms with van der Waals surface area (Å²) in [6.07, 6.45) is 14.4. The predicted molar refractivity (Wildman–Crippen MR) is 92.8 cm³/mol. The van der Waals surface area contributed by atoms with Crippen LogP contribution in [0.5, 0.6) is 0 Å². The van der Waals surface area contributed by atoms with Gasteiger partial charge in [0.25, 0.3) is 0 Å². The third-order valence-electron chi connectivity index (χ3n) is 5.42. The van der Waals surface area contributed by atoms with Gasteiger partial charge >= 0.3 is 0 Å². The Labute approximate surface area is 133 Å². The highest BCUT2D eigenvalue weighted by Gasteiger charge is 2.33. The Morgan fingerprint density at radius 2 is 1.33 bits per heavy atom. The Morgan fingerprint density at radius 1 is 0.810 bits per heavy atom. The van der Waals surface area contributed by atoms with Crippen LogP contribution in [-0.4, -0.2) is 36.6 Å². The fraction of sp³-hybridized carbons (Fsp3) is 1.00. The molecule has 0 aromatic heterocycles. The topological polar surface area (TPSA) is 15.3 Å². The van der Waals surface area contributed by atoms with Crippen LogP contribution in [0.2, 0.25) is 0 Å². The number of nitrogens with zero attached hydrogens (tertiary/aromatic N) is 1. The van der Waals surface area contributed by atoms with Gasteiger partial charge in [0.2, 0.25) is 0 Å². The summed E-state index contributed by atoms with van der Waals surface area (Å²) in [5, 5.41) is 3.84. The quantitative estimate of drug-likeness (QED) is 0.763. The van der Waals surface area contributed by atoms with Crippen LogP contribution in [-0.2, 0) is 0 Å². The fourth-order valence-corrected chi connectivity index (χ4v) is 4.09. The normalized spacial score (nSPS) is 25.3. The molecular weight excluding hydrogens is 256 g/mol. The van der Waals surface area contributed by atoms with E-state index in [4.69, 9.17) is 0 Å². The van der Waals surface area contributed by atoms with Crippen LogP contribution in [0, 0.1) is 5.41 Å². The summed E-state index contributed by atoms with van der Waals surface area (Å²) in [6.45, 7) is 12.2. The van der Waals surface area contributed by atoms with Crippen LogP contribution in [0.15, 0.2) is 0 Å². The van der Waals surface area contributed by atoms with E-state index in [9.17, 15) is 0 Å². The zero-order valence-corrected chi connectivity index (χ0v) is 14.8. The first-order valence-electron chi connectivity index (χ1n) is 9.47. The molecular formula is C19H38N2. The highest BCUT2D eigenvalue weighted by molar-refractivity contribution is 4.89. The molecule has 0 aromatic rings. The van der Waals surface area contributed by atoms with E-state index >= 15 is 0 Å². The molecule has 1 saturated heterocycles. The Balaban J connectivity index is 1.99. The first-order valence-corrected chi connectivity index (χ1v) is 9.47. The van der Waals surface area contributed by atoms with Crippen molar-refractivity contribution in [2.24, 2.45) is 5.41 Å². The van der Waals surface area contributed by atoms with Gasteiger partial charge in [-0.1, -0.05) is 38.5 Å². The van der Waals surface area contributed by atoms with Gasteiger partial charge < -0.3 is 10.2 Å². The highest BCUT2D eigenvalue weighted by Crippen LogP contribution is 2.36.